The zero-order valence-corrected chi connectivity index (χ0v) is 25.5. The first kappa shape index (κ1) is 31.2. The summed E-state index contributed by atoms with van der Waals surface area (Å²) in [7, 11) is -1.27. The third-order valence-corrected chi connectivity index (χ3v) is 9.44. The molecule has 3 aromatic carbocycles. The van der Waals surface area contributed by atoms with E-state index in [4.69, 9.17) is 21.1 Å². The molecule has 1 fully saturated rings. The molecule has 224 valence electrons. The molecule has 11 heteroatoms. The van der Waals surface area contributed by atoms with E-state index in [0.717, 1.165) is 35.6 Å². The van der Waals surface area contributed by atoms with Crippen LogP contribution < -0.4 is 19.1 Å². The summed E-state index contributed by atoms with van der Waals surface area (Å²) in [5.41, 5.74) is 0.955. The van der Waals surface area contributed by atoms with Crippen molar-refractivity contribution in [2.75, 3.05) is 25.1 Å². The minimum absolute atomic E-state index is 0.0175. The number of methoxy groups -OCH3 is 2. The van der Waals surface area contributed by atoms with Crippen LogP contribution in [-0.4, -0.2) is 58.0 Å². The Morgan fingerprint density at radius 1 is 0.952 bits per heavy atom. The van der Waals surface area contributed by atoms with Crippen LogP contribution in [0.3, 0.4) is 0 Å². The van der Waals surface area contributed by atoms with E-state index < -0.39 is 28.5 Å². The molecule has 1 unspecified atom stereocenters. The SMILES string of the molecule is COc1ccc(N(CC(=O)N(Cc2ccc(Cl)cc2)C(C)C(=O)NC2CCCC2)S(=O)(=O)c2ccccc2)cc1OC. The number of hydrogen-bond donors (Lipinski definition) is 1. The Balaban J connectivity index is 1.71. The van der Waals surface area contributed by atoms with Crippen molar-refractivity contribution in [1.82, 2.24) is 10.2 Å². The topological polar surface area (TPSA) is 105 Å². The molecule has 1 saturated carbocycles. The number of carbonyl (C=O) groups excluding carboxylic acids is 2. The van der Waals surface area contributed by atoms with E-state index in [2.05, 4.69) is 5.32 Å². The summed E-state index contributed by atoms with van der Waals surface area (Å²) in [5, 5.41) is 3.60. The molecule has 42 heavy (non-hydrogen) atoms. The van der Waals surface area contributed by atoms with E-state index in [1.54, 1.807) is 61.5 Å². The van der Waals surface area contributed by atoms with Gasteiger partial charge in [0.05, 0.1) is 24.8 Å². The van der Waals surface area contributed by atoms with Crippen LogP contribution in [0.25, 0.3) is 0 Å². The van der Waals surface area contributed by atoms with Gasteiger partial charge in [-0.05, 0) is 61.7 Å². The summed E-state index contributed by atoms with van der Waals surface area (Å²) in [6.45, 7) is 1.19. The highest BCUT2D eigenvalue weighted by Crippen LogP contribution is 2.34. The van der Waals surface area contributed by atoms with Crippen molar-refractivity contribution in [2.45, 2.75) is 56.1 Å². The van der Waals surface area contributed by atoms with Crippen LogP contribution in [-0.2, 0) is 26.2 Å². The minimum atomic E-state index is -4.20. The number of nitrogens with zero attached hydrogens (tertiary/aromatic N) is 2. The van der Waals surface area contributed by atoms with Gasteiger partial charge in [-0.3, -0.25) is 13.9 Å². The maximum atomic E-state index is 14.1. The largest absolute Gasteiger partial charge is 0.493 e. The second-order valence-corrected chi connectivity index (χ2v) is 12.5. The van der Waals surface area contributed by atoms with Crippen LogP contribution in [0.15, 0.2) is 77.7 Å². The molecular formula is C31H36ClN3O6S. The van der Waals surface area contributed by atoms with E-state index in [9.17, 15) is 18.0 Å². The Morgan fingerprint density at radius 2 is 1.60 bits per heavy atom. The average Bonchev–Trinajstić information content (AvgIpc) is 3.52. The first-order valence-corrected chi connectivity index (χ1v) is 15.6. The first-order valence-electron chi connectivity index (χ1n) is 13.8. The van der Waals surface area contributed by atoms with Crippen LogP contribution in [0.1, 0.15) is 38.2 Å². The predicted molar refractivity (Wildman–Crippen MR) is 162 cm³/mol. The van der Waals surface area contributed by atoms with Crippen molar-refractivity contribution < 1.29 is 27.5 Å². The predicted octanol–water partition coefficient (Wildman–Crippen LogP) is 5.03. The maximum Gasteiger partial charge on any atom is 0.264 e. The highest BCUT2D eigenvalue weighted by molar-refractivity contribution is 7.92. The number of sulfonamides is 1. The molecule has 0 bridgehead atoms. The number of amides is 2. The Hall–Kier alpha value is -3.76. The van der Waals surface area contributed by atoms with Crippen molar-refractivity contribution in [3.05, 3.63) is 83.4 Å². The van der Waals surface area contributed by atoms with Gasteiger partial charge in [0.15, 0.2) is 11.5 Å². The number of halogens is 1. The second kappa shape index (κ2) is 13.9. The minimum Gasteiger partial charge on any atom is -0.493 e. The van der Waals surface area contributed by atoms with Gasteiger partial charge in [-0.15, -0.1) is 0 Å². The zero-order chi connectivity index (χ0) is 30.3. The molecule has 0 saturated heterocycles. The zero-order valence-electron chi connectivity index (χ0n) is 24.0. The van der Waals surface area contributed by atoms with Gasteiger partial charge in [0.25, 0.3) is 10.0 Å². The molecule has 0 radical (unpaired) electrons. The summed E-state index contributed by atoms with van der Waals surface area (Å²) in [5.74, 6) is -0.120. The van der Waals surface area contributed by atoms with Gasteiger partial charge in [-0.2, -0.15) is 0 Å². The van der Waals surface area contributed by atoms with E-state index in [1.807, 2.05) is 0 Å². The Morgan fingerprint density at radius 3 is 2.21 bits per heavy atom. The van der Waals surface area contributed by atoms with Crippen LogP contribution in [0, 0.1) is 0 Å². The summed E-state index contributed by atoms with van der Waals surface area (Å²) < 4.78 is 39.7. The van der Waals surface area contributed by atoms with Gasteiger partial charge < -0.3 is 19.7 Å². The summed E-state index contributed by atoms with van der Waals surface area (Å²) in [6, 6.07) is 18.7. The van der Waals surface area contributed by atoms with E-state index >= 15 is 0 Å². The van der Waals surface area contributed by atoms with E-state index in [1.165, 1.54) is 37.3 Å². The summed E-state index contributed by atoms with van der Waals surface area (Å²) >= 11 is 6.07. The van der Waals surface area contributed by atoms with Crippen molar-refractivity contribution in [3.8, 4) is 11.5 Å². The quantitative estimate of drug-likeness (QED) is 0.307. The average molecular weight is 614 g/mol. The van der Waals surface area contributed by atoms with Crippen LogP contribution >= 0.6 is 11.6 Å². The highest BCUT2D eigenvalue weighted by Gasteiger charge is 2.33. The Kier molecular flexibility index (Phi) is 10.3. The number of hydrogen-bond acceptors (Lipinski definition) is 6. The lowest BCUT2D eigenvalue weighted by atomic mass is 10.1. The van der Waals surface area contributed by atoms with Gasteiger partial charge in [0.1, 0.15) is 12.6 Å². The fourth-order valence-electron chi connectivity index (χ4n) is 4.99. The lowest BCUT2D eigenvalue weighted by Crippen LogP contribution is -2.52. The summed E-state index contributed by atoms with van der Waals surface area (Å²) in [4.78, 5) is 28.8. The van der Waals surface area contributed by atoms with Crippen LogP contribution in [0.4, 0.5) is 5.69 Å². The van der Waals surface area contributed by atoms with Gasteiger partial charge in [0.2, 0.25) is 11.8 Å². The number of anilines is 1. The Labute approximate surface area is 252 Å². The number of nitrogens with one attached hydrogen (secondary N) is 1. The van der Waals surface area contributed by atoms with Crippen LogP contribution in [0.2, 0.25) is 5.02 Å². The molecule has 1 atom stereocenters. The number of rotatable bonds is 12. The molecule has 4 rings (SSSR count). The van der Waals surface area contributed by atoms with Crippen molar-refractivity contribution in [2.24, 2.45) is 0 Å². The number of carbonyl (C=O) groups is 2. The molecule has 0 heterocycles. The fraction of sp³-hybridized carbons (Fsp3) is 0.355. The van der Waals surface area contributed by atoms with Gasteiger partial charge in [-0.1, -0.05) is 54.8 Å². The lowest BCUT2D eigenvalue weighted by molar-refractivity contribution is -0.139. The molecule has 9 nitrogen and oxygen atoms in total. The second-order valence-electron chi connectivity index (χ2n) is 10.2. The molecule has 1 N–H and O–H groups in total. The number of ether oxygens (including phenoxy) is 2. The molecule has 1 aliphatic rings. The fourth-order valence-corrected chi connectivity index (χ4v) is 6.54. The molecule has 0 aromatic heterocycles. The van der Waals surface area contributed by atoms with E-state index in [0.29, 0.717) is 16.5 Å². The number of benzene rings is 3. The standard InChI is InChI=1S/C31H36ClN3O6S/c1-22(31(37)33-25-9-7-8-10-25)34(20-23-13-15-24(32)16-14-23)30(36)21-35(42(38,39)27-11-5-4-6-12-27)26-17-18-28(40-2)29(19-26)41-3/h4-6,11-19,22,25H,7-10,20-21H2,1-3H3,(H,33,37). The third-order valence-electron chi connectivity index (χ3n) is 7.40. The first-order chi connectivity index (χ1) is 20.1. The van der Waals surface area contributed by atoms with Crippen molar-refractivity contribution >= 4 is 39.1 Å². The van der Waals surface area contributed by atoms with Gasteiger partial charge in [0, 0.05) is 23.7 Å². The van der Waals surface area contributed by atoms with Crippen molar-refractivity contribution in [1.29, 1.82) is 0 Å². The van der Waals surface area contributed by atoms with Crippen molar-refractivity contribution in [3.63, 3.8) is 0 Å². The lowest BCUT2D eigenvalue weighted by Gasteiger charge is -2.32. The molecule has 3 aromatic rings. The van der Waals surface area contributed by atoms with Crippen LogP contribution in [0.5, 0.6) is 11.5 Å². The molecule has 0 spiro atoms. The molecular weight excluding hydrogens is 578 g/mol. The monoisotopic (exact) mass is 613 g/mol. The molecule has 0 aliphatic heterocycles. The molecule has 1 aliphatic carbocycles. The highest BCUT2D eigenvalue weighted by atomic mass is 35.5. The molecule has 2 amide bonds. The third kappa shape index (κ3) is 7.35. The van der Waals surface area contributed by atoms with E-state index in [-0.39, 0.29) is 29.1 Å². The smallest absolute Gasteiger partial charge is 0.264 e. The maximum absolute atomic E-state index is 14.1. The Bertz CT molecular complexity index is 1480. The van der Waals surface area contributed by atoms with Gasteiger partial charge in [-0.25, -0.2) is 8.42 Å². The summed E-state index contributed by atoms with van der Waals surface area (Å²) in [6.07, 6.45) is 3.88. The van der Waals surface area contributed by atoms with Gasteiger partial charge >= 0.3 is 0 Å². The normalized spacial score (nSPS) is 14.2.